The molecule has 0 aromatic heterocycles. The number of allylic oxidation sites excluding steroid dienone is 1. The first-order valence-corrected chi connectivity index (χ1v) is 7.75. The van der Waals surface area contributed by atoms with Crippen molar-refractivity contribution < 1.29 is 8.42 Å². The number of nitrogen functional groups attached to an aromatic ring is 1. The first-order valence-electron chi connectivity index (χ1n) is 5.93. The Morgan fingerprint density at radius 2 is 2.11 bits per heavy atom. The van der Waals surface area contributed by atoms with Gasteiger partial charge in [0.25, 0.3) is 0 Å². The number of anilines is 1. The molecule has 0 radical (unpaired) electrons. The Balaban J connectivity index is 3.09. The number of rotatable bonds is 6. The van der Waals surface area contributed by atoms with Gasteiger partial charge in [-0.3, -0.25) is 0 Å². The molecule has 0 aliphatic heterocycles. The number of nitrogens with zero attached hydrogens (tertiary/aromatic N) is 1. The van der Waals surface area contributed by atoms with E-state index in [1.54, 1.807) is 26.1 Å². The Labute approximate surface area is 119 Å². The van der Waals surface area contributed by atoms with Crippen LogP contribution in [0.5, 0.6) is 0 Å². The fraction of sp³-hybridized carbons (Fsp3) is 0.385. The van der Waals surface area contributed by atoms with Gasteiger partial charge in [-0.15, -0.1) is 6.58 Å². The fourth-order valence-electron chi connectivity index (χ4n) is 1.69. The second-order valence-corrected chi connectivity index (χ2v) is 6.83. The summed E-state index contributed by atoms with van der Waals surface area (Å²) in [6.07, 6.45) is 3.27. The zero-order valence-electron chi connectivity index (χ0n) is 11.2. The fourth-order valence-corrected chi connectivity index (χ4v) is 3.47. The van der Waals surface area contributed by atoms with Crippen molar-refractivity contribution in [1.82, 2.24) is 4.31 Å². The second kappa shape index (κ2) is 6.41. The van der Waals surface area contributed by atoms with Crippen LogP contribution in [0.25, 0.3) is 0 Å². The minimum Gasteiger partial charge on any atom is -0.398 e. The van der Waals surface area contributed by atoms with Gasteiger partial charge in [0.1, 0.15) is 0 Å². The molecule has 1 rings (SSSR count). The van der Waals surface area contributed by atoms with Crippen molar-refractivity contribution in [3.05, 3.63) is 35.4 Å². The SMILES string of the molecule is C=CCCCN(C)S(=O)(=O)c1cc(Cl)cc(N)c1C. The maximum Gasteiger partial charge on any atom is 0.243 e. The third kappa shape index (κ3) is 3.72. The summed E-state index contributed by atoms with van der Waals surface area (Å²) in [6, 6.07) is 2.99. The van der Waals surface area contributed by atoms with Crippen LogP contribution in [0.2, 0.25) is 5.02 Å². The van der Waals surface area contributed by atoms with E-state index < -0.39 is 10.0 Å². The van der Waals surface area contributed by atoms with Crippen molar-refractivity contribution in [2.45, 2.75) is 24.7 Å². The van der Waals surface area contributed by atoms with Gasteiger partial charge < -0.3 is 5.73 Å². The van der Waals surface area contributed by atoms with E-state index in [2.05, 4.69) is 6.58 Å². The van der Waals surface area contributed by atoms with Gasteiger partial charge in [-0.05, 0) is 37.5 Å². The maximum absolute atomic E-state index is 12.4. The molecule has 106 valence electrons. The van der Waals surface area contributed by atoms with E-state index in [-0.39, 0.29) is 4.90 Å². The number of benzene rings is 1. The summed E-state index contributed by atoms with van der Waals surface area (Å²) in [5, 5.41) is 0.321. The molecule has 19 heavy (non-hydrogen) atoms. The van der Waals surface area contributed by atoms with E-state index in [0.717, 1.165) is 12.8 Å². The first kappa shape index (κ1) is 16.0. The van der Waals surface area contributed by atoms with Gasteiger partial charge in [0.05, 0.1) is 4.90 Å². The minimum absolute atomic E-state index is 0.165. The Morgan fingerprint density at radius 3 is 2.68 bits per heavy atom. The topological polar surface area (TPSA) is 63.4 Å². The van der Waals surface area contributed by atoms with Crippen molar-refractivity contribution in [1.29, 1.82) is 0 Å². The number of hydrogen-bond donors (Lipinski definition) is 1. The average Bonchev–Trinajstić information content (AvgIpc) is 2.33. The highest BCUT2D eigenvalue weighted by Crippen LogP contribution is 2.27. The van der Waals surface area contributed by atoms with E-state index in [4.69, 9.17) is 17.3 Å². The van der Waals surface area contributed by atoms with Crippen molar-refractivity contribution in [2.75, 3.05) is 19.3 Å². The van der Waals surface area contributed by atoms with E-state index in [9.17, 15) is 8.42 Å². The van der Waals surface area contributed by atoms with Gasteiger partial charge in [0.15, 0.2) is 0 Å². The number of hydrogen-bond acceptors (Lipinski definition) is 3. The minimum atomic E-state index is -3.56. The Bertz CT molecular complexity index is 570. The Morgan fingerprint density at radius 1 is 1.47 bits per heavy atom. The van der Waals surface area contributed by atoms with Gasteiger partial charge in [-0.2, -0.15) is 0 Å². The molecule has 6 heteroatoms. The lowest BCUT2D eigenvalue weighted by Crippen LogP contribution is -2.28. The predicted molar refractivity (Wildman–Crippen MR) is 79.8 cm³/mol. The van der Waals surface area contributed by atoms with Crippen LogP contribution in [0.4, 0.5) is 5.69 Å². The highest BCUT2D eigenvalue weighted by Gasteiger charge is 2.23. The van der Waals surface area contributed by atoms with Crippen LogP contribution in [0.15, 0.2) is 29.7 Å². The lowest BCUT2D eigenvalue weighted by atomic mass is 10.2. The van der Waals surface area contributed by atoms with E-state index >= 15 is 0 Å². The van der Waals surface area contributed by atoms with Crippen molar-refractivity contribution in [2.24, 2.45) is 0 Å². The molecule has 0 aliphatic rings. The highest BCUT2D eigenvalue weighted by molar-refractivity contribution is 7.89. The van der Waals surface area contributed by atoms with Gasteiger partial charge in [-0.25, -0.2) is 12.7 Å². The highest BCUT2D eigenvalue weighted by atomic mass is 35.5. The largest absolute Gasteiger partial charge is 0.398 e. The summed E-state index contributed by atoms with van der Waals surface area (Å²) in [5.74, 6) is 0. The molecular formula is C13H19ClN2O2S. The molecule has 0 heterocycles. The predicted octanol–water partition coefficient (Wildman–Crippen LogP) is 2.82. The second-order valence-electron chi connectivity index (χ2n) is 4.38. The Hall–Kier alpha value is -1.04. The molecule has 0 atom stereocenters. The van der Waals surface area contributed by atoms with Crippen LogP contribution in [-0.4, -0.2) is 26.3 Å². The van der Waals surface area contributed by atoms with Crippen molar-refractivity contribution >= 4 is 27.3 Å². The Kier molecular flexibility index (Phi) is 5.40. The summed E-state index contributed by atoms with van der Waals surface area (Å²) in [6.45, 7) is 5.72. The van der Waals surface area contributed by atoms with Gasteiger partial charge in [0, 0.05) is 24.3 Å². The molecule has 0 unspecified atom stereocenters. The van der Waals surface area contributed by atoms with Crippen LogP contribution in [0.1, 0.15) is 18.4 Å². The summed E-state index contributed by atoms with van der Waals surface area (Å²) in [5.41, 5.74) is 6.67. The molecule has 4 nitrogen and oxygen atoms in total. The summed E-state index contributed by atoms with van der Waals surface area (Å²) in [7, 11) is -2.01. The van der Waals surface area contributed by atoms with Crippen molar-refractivity contribution in [3.8, 4) is 0 Å². The van der Waals surface area contributed by atoms with Crippen LogP contribution in [0.3, 0.4) is 0 Å². The van der Waals surface area contributed by atoms with E-state index in [1.165, 1.54) is 10.4 Å². The number of nitrogens with two attached hydrogens (primary N) is 1. The standard InChI is InChI=1S/C13H19ClN2O2S/c1-4-5-6-7-16(3)19(17,18)13-9-11(14)8-12(15)10(13)2/h4,8-9H,1,5-7,15H2,2-3H3. The molecule has 0 saturated heterocycles. The first-order chi connectivity index (χ1) is 8.80. The van der Waals surface area contributed by atoms with E-state index in [1.807, 2.05) is 0 Å². The van der Waals surface area contributed by atoms with Gasteiger partial charge >= 0.3 is 0 Å². The molecule has 0 bridgehead atoms. The molecule has 2 N–H and O–H groups in total. The smallest absolute Gasteiger partial charge is 0.243 e. The molecular weight excluding hydrogens is 284 g/mol. The van der Waals surface area contributed by atoms with Crippen LogP contribution < -0.4 is 5.73 Å². The van der Waals surface area contributed by atoms with Crippen LogP contribution in [-0.2, 0) is 10.0 Å². The third-order valence-electron chi connectivity index (χ3n) is 2.93. The van der Waals surface area contributed by atoms with Gasteiger partial charge in [0.2, 0.25) is 10.0 Å². The summed E-state index contributed by atoms with van der Waals surface area (Å²) >= 11 is 5.88. The monoisotopic (exact) mass is 302 g/mol. The third-order valence-corrected chi connectivity index (χ3v) is 5.14. The van der Waals surface area contributed by atoms with E-state index in [0.29, 0.717) is 22.8 Å². The average molecular weight is 303 g/mol. The number of unbranched alkanes of at least 4 members (excludes halogenated alkanes) is 1. The zero-order valence-corrected chi connectivity index (χ0v) is 12.8. The molecule has 0 spiro atoms. The normalized spacial score (nSPS) is 11.8. The zero-order chi connectivity index (χ0) is 14.6. The molecule has 0 fully saturated rings. The molecule has 0 saturated carbocycles. The molecule has 1 aromatic carbocycles. The lowest BCUT2D eigenvalue weighted by molar-refractivity contribution is 0.462. The summed E-state index contributed by atoms with van der Waals surface area (Å²) < 4.78 is 26.2. The summed E-state index contributed by atoms with van der Waals surface area (Å²) in [4.78, 5) is 0.165. The molecule has 0 aliphatic carbocycles. The van der Waals surface area contributed by atoms with Crippen LogP contribution in [0, 0.1) is 6.92 Å². The van der Waals surface area contributed by atoms with Crippen molar-refractivity contribution in [3.63, 3.8) is 0 Å². The number of sulfonamides is 1. The van der Waals surface area contributed by atoms with Gasteiger partial charge in [-0.1, -0.05) is 17.7 Å². The lowest BCUT2D eigenvalue weighted by Gasteiger charge is -2.19. The quantitative estimate of drug-likeness (QED) is 0.499. The molecule has 1 aromatic rings. The number of halogens is 1. The molecule has 0 amide bonds. The maximum atomic E-state index is 12.4. The van der Waals surface area contributed by atoms with Crippen LogP contribution >= 0.6 is 11.6 Å².